The molecular formula is C18H26IN5O. The molecule has 3 N–H and O–H groups in total. The molecule has 1 aromatic carbocycles. The molecule has 0 radical (unpaired) electrons. The lowest BCUT2D eigenvalue weighted by molar-refractivity contribution is -0.120. The standard InChI is InChI=1S/C18H25N5O.HI/c1-19-18(22-15-4-2-3-5-15)21-12-14-6-8-16(9-7-14)23-11-10-20-17(24)13-23;/h2-3,6-9,15H,4-5,10-13H2,1H3,(H,20,24)(H2,19,21,22);1H. The highest BCUT2D eigenvalue weighted by Gasteiger charge is 2.16. The number of hydrogen-bond acceptors (Lipinski definition) is 3. The van der Waals surface area contributed by atoms with E-state index in [0.29, 0.717) is 19.1 Å². The summed E-state index contributed by atoms with van der Waals surface area (Å²) in [6.45, 7) is 2.72. The van der Waals surface area contributed by atoms with Gasteiger partial charge in [0.1, 0.15) is 0 Å². The third-order valence-electron chi connectivity index (χ3n) is 4.37. The van der Waals surface area contributed by atoms with Crippen molar-refractivity contribution in [2.75, 3.05) is 31.6 Å². The first kappa shape index (κ1) is 19.6. The lowest BCUT2D eigenvalue weighted by Gasteiger charge is -2.28. The summed E-state index contributed by atoms with van der Waals surface area (Å²) in [5.74, 6) is 0.920. The quantitative estimate of drug-likeness (QED) is 0.280. The van der Waals surface area contributed by atoms with Gasteiger partial charge in [-0.15, -0.1) is 24.0 Å². The Bertz CT molecular complexity index is 621. The summed E-state index contributed by atoms with van der Waals surface area (Å²) >= 11 is 0. The van der Waals surface area contributed by atoms with Crippen LogP contribution in [-0.2, 0) is 11.3 Å². The van der Waals surface area contributed by atoms with Crippen LogP contribution in [0.5, 0.6) is 0 Å². The molecule has 1 heterocycles. The molecule has 1 saturated heterocycles. The van der Waals surface area contributed by atoms with E-state index in [2.05, 4.69) is 62.3 Å². The van der Waals surface area contributed by atoms with Gasteiger partial charge in [0.2, 0.25) is 5.91 Å². The Morgan fingerprint density at radius 1 is 1.28 bits per heavy atom. The van der Waals surface area contributed by atoms with Crippen LogP contribution in [0.4, 0.5) is 5.69 Å². The Hall–Kier alpha value is -1.77. The van der Waals surface area contributed by atoms with Gasteiger partial charge in [-0.3, -0.25) is 9.79 Å². The molecule has 1 aromatic rings. The molecule has 0 spiro atoms. The number of aliphatic imine (C=N–C) groups is 1. The van der Waals surface area contributed by atoms with Crippen molar-refractivity contribution in [2.24, 2.45) is 4.99 Å². The number of carbonyl (C=O) groups is 1. The van der Waals surface area contributed by atoms with Gasteiger partial charge in [0.25, 0.3) is 0 Å². The second-order valence-corrected chi connectivity index (χ2v) is 6.15. The fraction of sp³-hybridized carbons (Fsp3) is 0.444. The first-order chi connectivity index (χ1) is 11.7. The van der Waals surface area contributed by atoms with E-state index in [0.717, 1.165) is 37.6 Å². The van der Waals surface area contributed by atoms with Crippen molar-refractivity contribution in [3.05, 3.63) is 42.0 Å². The molecular weight excluding hydrogens is 429 g/mol. The predicted molar refractivity (Wildman–Crippen MR) is 113 cm³/mol. The lowest BCUT2D eigenvalue weighted by Crippen LogP contribution is -2.47. The molecule has 0 bridgehead atoms. The summed E-state index contributed by atoms with van der Waals surface area (Å²) in [5.41, 5.74) is 2.28. The van der Waals surface area contributed by atoms with E-state index in [4.69, 9.17) is 0 Å². The van der Waals surface area contributed by atoms with Crippen LogP contribution in [0.25, 0.3) is 0 Å². The number of halogens is 1. The molecule has 0 unspecified atom stereocenters. The summed E-state index contributed by atoms with van der Waals surface area (Å²) in [4.78, 5) is 17.9. The van der Waals surface area contributed by atoms with E-state index in [1.165, 1.54) is 5.56 Å². The number of anilines is 1. The van der Waals surface area contributed by atoms with Gasteiger partial charge in [-0.25, -0.2) is 0 Å². The normalized spacial score (nSPS) is 17.9. The van der Waals surface area contributed by atoms with Gasteiger partial charge in [0, 0.05) is 38.4 Å². The number of benzene rings is 1. The highest BCUT2D eigenvalue weighted by atomic mass is 127. The summed E-state index contributed by atoms with van der Waals surface area (Å²) in [7, 11) is 1.79. The maximum atomic E-state index is 11.5. The molecule has 1 amide bonds. The lowest BCUT2D eigenvalue weighted by atomic mass is 10.2. The van der Waals surface area contributed by atoms with Crippen LogP contribution in [0, 0.1) is 0 Å². The minimum Gasteiger partial charge on any atom is -0.360 e. The summed E-state index contributed by atoms with van der Waals surface area (Å²) in [6.07, 6.45) is 6.51. The zero-order chi connectivity index (χ0) is 16.8. The van der Waals surface area contributed by atoms with E-state index in [-0.39, 0.29) is 29.9 Å². The third kappa shape index (κ3) is 5.62. The number of guanidine groups is 1. The van der Waals surface area contributed by atoms with Crippen molar-refractivity contribution in [1.29, 1.82) is 0 Å². The van der Waals surface area contributed by atoms with Crippen molar-refractivity contribution < 1.29 is 4.79 Å². The zero-order valence-corrected chi connectivity index (χ0v) is 16.8. The van der Waals surface area contributed by atoms with Gasteiger partial charge in [0.15, 0.2) is 5.96 Å². The van der Waals surface area contributed by atoms with Gasteiger partial charge < -0.3 is 20.9 Å². The second-order valence-electron chi connectivity index (χ2n) is 6.15. The highest BCUT2D eigenvalue weighted by molar-refractivity contribution is 14.0. The van der Waals surface area contributed by atoms with Gasteiger partial charge in [-0.05, 0) is 30.5 Å². The van der Waals surface area contributed by atoms with Crippen LogP contribution in [0.15, 0.2) is 41.4 Å². The number of amides is 1. The molecule has 3 rings (SSSR count). The molecule has 0 aromatic heterocycles. The molecule has 1 fully saturated rings. The van der Waals surface area contributed by atoms with Crippen molar-refractivity contribution in [1.82, 2.24) is 16.0 Å². The van der Waals surface area contributed by atoms with Crippen LogP contribution in [0.2, 0.25) is 0 Å². The highest BCUT2D eigenvalue weighted by Crippen LogP contribution is 2.16. The Labute approximate surface area is 166 Å². The van der Waals surface area contributed by atoms with E-state index in [1.807, 2.05) is 0 Å². The van der Waals surface area contributed by atoms with Gasteiger partial charge in [0.05, 0.1) is 6.54 Å². The van der Waals surface area contributed by atoms with Crippen LogP contribution in [-0.4, -0.2) is 44.6 Å². The van der Waals surface area contributed by atoms with Gasteiger partial charge >= 0.3 is 0 Å². The van der Waals surface area contributed by atoms with Crippen molar-refractivity contribution in [3.8, 4) is 0 Å². The Morgan fingerprint density at radius 3 is 2.64 bits per heavy atom. The number of nitrogens with one attached hydrogen (secondary N) is 3. The van der Waals surface area contributed by atoms with Gasteiger partial charge in [-0.2, -0.15) is 0 Å². The van der Waals surface area contributed by atoms with Crippen molar-refractivity contribution in [3.63, 3.8) is 0 Å². The number of piperazine rings is 1. The fourth-order valence-corrected chi connectivity index (χ4v) is 2.99. The smallest absolute Gasteiger partial charge is 0.239 e. The number of nitrogens with zero attached hydrogens (tertiary/aromatic N) is 2. The Balaban J connectivity index is 0.00000225. The summed E-state index contributed by atoms with van der Waals surface area (Å²) < 4.78 is 0. The number of rotatable bonds is 4. The van der Waals surface area contributed by atoms with Crippen LogP contribution in [0.3, 0.4) is 0 Å². The van der Waals surface area contributed by atoms with Crippen LogP contribution in [0.1, 0.15) is 18.4 Å². The van der Waals surface area contributed by atoms with Crippen molar-refractivity contribution >= 4 is 41.5 Å². The Kier molecular flexibility index (Phi) is 7.54. The molecule has 136 valence electrons. The number of carbonyl (C=O) groups excluding carboxylic acids is 1. The first-order valence-electron chi connectivity index (χ1n) is 8.47. The SMILES string of the molecule is CN=C(NCc1ccc(N2CCNC(=O)C2)cc1)NC1CC=CC1.I. The molecule has 1 aliphatic heterocycles. The minimum absolute atomic E-state index is 0. The molecule has 25 heavy (non-hydrogen) atoms. The zero-order valence-electron chi connectivity index (χ0n) is 14.5. The summed E-state index contributed by atoms with van der Waals surface area (Å²) in [6, 6.07) is 8.79. The predicted octanol–water partition coefficient (Wildman–Crippen LogP) is 1.62. The monoisotopic (exact) mass is 455 g/mol. The average molecular weight is 455 g/mol. The van der Waals surface area contributed by atoms with E-state index in [1.54, 1.807) is 7.05 Å². The molecule has 1 aliphatic carbocycles. The van der Waals surface area contributed by atoms with Gasteiger partial charge in [-0.1, -0.05) is 24.3 Å². The largest absolute Gasteiger partial charge is 0.360 e. The fourth-order valence-electron chi connectivity index (χ4n) is 2.99. The molecule has 0 saturated carbocycles. The second kappa shape index (κ2) is 9.65. The van der Waals surface area contributed by atoms with Crippen LogP contribution >= 0.6 is 24.0 Å². The molecule has 6 nitrogen and oxygen atoms in total. The minimum atomic E-state index is 0. The number of hydrogen-bond donors (Lipinski definition) is 3. The topological polar surface area (TPSA) is 68.8 Å². The summed E-state index contributed by atoms with van der Waals surface area (Å²) in [5, 5.41) is 9.63. The van der Waals surface area contributed by atoms with E-state index >= 15 is 0 Å². The molecule has 0 atom stereocenters. The van der Waals surface area contributed by atoms with Crippen molar-refractivity contribution in [2.45, 2.75) is 25.4 Å². The van der Waals surface area contributed by atoms with Crippen LogP contribution < -0.4 is 20.9 Å². The van der Waals surface area contributed by atoms with E-state index in [9.17, 15) is 4.79 Å². The third-order valence-corrected chi connectivity index (χ3v) is 4.37. The Morgan fingerprint density at radius 2 is 2.00 bits per heavy atom. The van der Waals surface area contributed by atoms with E-state index < -0.39 is 0 Å². The maximum Gasteiger partial charge on any atom is 0.239 e. The molecule has 7 heteroatoms. The average Bonchev–Trinajstić information content (AvgIpc) is 3.12. The first-order valence-corrected chi connectivity index (χ1v) is 8.47. The molecule has 2 aliphatic rings. The maximum absolute atomic E-state index is 11.5.